The number of anilines is 1. The van der Waals surface area contributed by atoms with Gasteiger partial charge in [-0.25, -0.2) is 4.79 Å². The van der Waals surface area contributed by atoms with Crippen LogP contribution in [0.4, 0.5) is 10.5 Å². The Labute approximate surface area is 154 Å². The molecule has 7 nitrogen and oxygen atoms in total. The fourth-order valence-electron chi connectivity index (χ4n) is 2.98. The van der Waals surface area contributed by atoms with E-state index in [-0.39, 0.29) is 24.5 Å². The van der Waals surface area contributed by atoms with Crippen molar-refractivity contribution in [3.63, 3.8) is 0 Å². The minimum absolute atomic E-state index is 0.000959. The Hall–Kier alpha value is -2.57. The van der Waals surface area contributed by atoms with Crippen molar-refractivity contribution in [3.8, 4) is 0 Å². The molecular weight excluding hydrogens is 334 g/mol. The molecule has 26 heavy (non-hydrogen) atoms. The molecule has 0 aromatic heterocycles. The Morgan fingerprint density at radius 2 is 1.69 bits per heavy atom. The largest absolute Gasteiger partial charge is 0.450 e. The van der Waals surface area contributed by atoms with E-state index in [1.165, 1.54) is 11.8 Å². The van der Waals surface area contributed by atoms with Crippen LogP contribution in [0.2, 0.25) is 0 Å². The third kappa shape index (κ3) is 4.53. The first kappa shape index (κ1) is 19.8. The maximum atomic E-state index is 12.7. The van der Waals surface area contributed by atoms with Crippen LogP contribution in [0.3, 0.4) is 0 Å². The number of ether oxygens (including phenoxy) is 1. The molecule has 1 aromatic rings. The van der Waals surface area contributed by atoms with E-state index < -0.39 is 0 Å². The van der Waals surface area contributed by atoms with Gasteiger partial charge in [0.05, 0.1) is 6.61 Å². The van der Waals surface area contributed by atoms with E-state index in [0.29, 0.717) is 32.8 Å². The van der Waals surface area contributed by atoms with Crippen molar-refractivity contribution >= 4 is 23.6 Å². The Kier molecular flexibility index (Phi) is 6.60. The molecule has 1 fully saturated rings. The monoisotopic (exact) mass is 361 g/mol. The van der Waals surface area contributed by atoms with Crippen LogP contribution in [-0.4, -0.2) is 67.0 Å². The maximum Gasteiger partial charge on any atom is 0.409 e. The lowest BCUT2D eigenvalue weighted by Crippen LogP contribution is -2.53. The number of hydrogen-bond acceptors (Lipinski definition) is 4. The van der Waals surface area contributed by atoms with Crippen molar-refractivity contribution < 1.29 is 19.1 Å². The Balaban J connectivity index is 2.02. The van der Waals surface area contributed by atoms with Gasteiger partial charge in [0.2, 0.25) is 11.8 Å². The standard InChI is InChI=1S/C19H27N3O4/c1-5-26-19(25)21-11-9-20(10-12-21)18(24)13-22(16(4)23)17-8-6-7-14(2)15(17)3/h6-8H,5,9-13H2,1-4H3. The highest BCUT2D eigenvalue weighted by Crippen LogP contribution is 2.23. The average molecular weight is 361 g/mol. The Morgan fingerprint density at radius 3 is 2.27 bits per heavy atom. The van der Waals surface area contributed by atoms with Gasteiger partial charge in [-0.1, -0.05) is 12.1 Å². The molecule has 0 aliphatic carbocycles. The van der Waals surface area contributed by atoms with Crippen molar-refractivity contribution in [2.24, 2.45) is 0 Å². The minimum atomic E-state index is -0.347. The predicted octanol–water partition coefficient (Wildman–Crippen LogP) is 1.96. The molecule has 142 valence electrons. The Bertz CT molecular complexity index is 681. The first-order chi connectivity index (χ1) is 12.3. The molecule has 0 bridgehead atoms. The highest BCUT2D eigenvalue weighted by molar-refractivity contribution is 5.98. The third-order valence-corrected chi connectivity index (χ3v) is 4.70. The molecule has 0 unspecified atom stereocenters. The molecule has 1 aliphatic heterocycles. The smallest absolute Gasteiger partial charge is 0.409 e. The number of hydrogen-bond donors (Lipinski definition) is 0. The number of benzene rings is 1. The molecule has 0 N–H and O–H groups in total. The third-order valence-electron chi connectivity index (χ3n) is 4.70. The summed E-state index contributed by atoms with van der Waals surface area (Å²) in [7, 11) is 0. The van der Waals surface area contributed by atoms with Gasteiger partial charge in [-0.3, -0.25) is 9.59 Å². The molecule has 0 spiro atoms. The maximum absolute atomic E-state index is 12.7. The van der Waals surface area contributed by atoms with Crippen molar-refractivity contribution in [1.82, 2.24) is 9.80 Å². The molecular formula is C19H27N3O4. The number of carbonyl (C=O) groups is 3. The summed E-state index contributed by atoms with van der Waals surface area (Å²) in [5.41, 5.74) is 2.82. The molecule has 0 saturated carbocycles. The molecule has 2 rings (SSSR count). The topological polar surface area (TPSA) is 70.2 Å². The van der Waals surface area contributed by atoms with Crippen LogP contribution in [0.1, 0.15) is 25.0 Å². The Morgan fingerprint density at radius 1 is 1.08 bits per heavy atom. The van der Waals surface area contributed by atoms with Crippen LogP contribution >= 0.6 is 0 Å². The lowest BCUT2D eigenvalue weighted by atomic mass is 10.1. The second-order valence-electron chi connectivity index (χ2n) is 6.39. The summed E-state index contributed by atoms with van der Waals surface area (Å²) in [6, 6.07) is 5.72. The number of nitrogens with zero attached hydrogens (tertiary/aromatic N) is 3. The quantitative estimate of drug-likeness (QED) is 0.822. The van der Waals surface area contributed by atoms with Gasteiger partial charge >= 0.3 is 6.09 Å². The van der Waals surface area contributed by atoms with Crippen LogP contribution in [0.15, 0.2) is 18.2 Å². The first-order valence-electron chi connectivity index (χ1n) is 8.89. The lowest BCUT2D eigenvalue weighted by molar-refractivity contribution is -0.132. The van der Waals surface area contributed by atoms with Crippen molar-refractivity contribution in [2.75, 3.05) is 44.2 Å². The molecule has 1 aliphatic rings. The van der Waals surface area contributed by atoms with Gasteiger partial charge in [0, 0.05) is 38.8 Å². The second kappa shape index (κ2) is 8.69. The zero-order valence-corrected chi connectivity index (χ0v) is 15.9. The molecule has 0 atom stereocenters. The number of piperazine rings is 1. The zero-order chi connectivity index (χ0) is 19.3. The van der Waals surface area contributed by atoms with E-state index in [1.54, 1.807) is 16.7 Å². The van der Waals surface area contributed by atoms with Crippen LogP contribution in [0.25, 0.3) is 0 Å². The van der Waals surface area contributed by atoms with Crippen molar-refractivity contribution in [3.05, 3.63) is 29.3 Å². The van der Waals surface area contributed by atoms with Crippen LogP contribution in [-0.2, 0) is 14.3 Å². The highest BCUT2D eigenvalue weighted by atomic mass is 16.6. The summed E-state index contributed by atoms with van der Waals surface area (Å²) in [6.07, 6.45) is -0.347. The van der Waals surface area contributed by atoms with Crippen LogP contribution in [0, 0.1) is 13.8 Å². The molecule has 7 heteroatoms. The van der Waals surface area contributed by atoms with Gasteiger partial charge in [0.15, 0.2) is 0 Å². The van der Waals surface area contributed by atoms with E-state index >= 15 is 0 Å². The number of amides is 3. The summed E-state index contributed by atoms with van der Waals surface area (Å²) < 4.78 is 4.99. The van der Waals surface area contributed by atoms with E-state index in [0.717, 1.165) is 16.8 Å². The van der Waals surface area contributed by atoms with E-state index in [4.69, 9.17) is 4.74 Å². The molecule has 0 radical (unpaired) electrons. The van der Waals surface area contributed by atoms with Crippen molar-refractivity contribution in [2.45, 2.75) is 27.7 Å². The molecule has 3 amide bonds. The number of rotatable bonds is 4. The summed E-state index contributed by atoms with van der Waals surface area (Å²) >= 11 is 0. The summed E-state index contributed by atoms with van der Waals surface area (Å²) in [5, 5.41) is 0. The lowest BCUT2D eigenvalue weighted by Gasteiger charge is -2.35. The average Bonchev–Trinajstić information content (AvgIpc) is 2.62. The van der Waals surface area contributed by atoms with Gasteiger partial charge in [0.25, 0.3) is 0 Å². The highest BCUT2D eigenvalue weighted by Gasteiger charge is 2.27. The number of aryl methyl sites for hydroxylation is 1. The van der Waals surface area contributed by atoms with Gasteiger partial charge in [-0.05, 0) is 38.0 Å². The van der Waals surface area contributed by atoms with Crippen LogP contribution < -0.4 is 4.90 Å². The zero-order valence-electron chi connectivity index (χ0n) is 15.9. The van der Waals surface area contributed by atoms with E-state index in [9.17, 15) is 14.4 Å². The van der Waals surface area contributed by atoms with Gasteiger partial charge in [0.1, 0.15) is 6.54 Å². The van der Waals surface area contributed by atoms with Crippen molar-refractivity contribution in [1.29, 1.82) is 0 Å². The fourth-order valence-corrected chi connectivity index (χ4v) is 2.98. The van der Waals surface area contributed by atoms with Gasteiger partial charge in [-0.15, -0.1) is 0 Å². The van der Waals surface area contributed by atoms with E-state index in [2.05, 4.69) is 0 Å². The second-order valence-corrected chi connectivity index (χ2v) is 6.39. The van der Waals surface area contributed by atoms with Gasteiger partial charge in [-0.2, -0.15) is 0 Å². The van der Waals surface area contributed by atoms with Gasteiger partial charge < -0.3 is 19.4 Å². The number of carbonyl (C=O) groups excluding carboxylic acids is 3. The molecule has 1 aromatic carbocycles. The van der Waals surface area contributed by atoms with E-state index in [1.807, 2.05) is 32.0 Å². The predicted molar refractivity (Wildman–Crippen MR) is 99.1 cm³/mol. The summed E-state index contributed by atoms with van der Waals surface area (Å²) in [6.45, 7) is 9.25. The normalized spacial score (nSPS) is 14.2. The minimum Gasteiger partial charge on any atom is -0.450 e. The fraction of sp³-hybridized carbons (Fsp3) is 0.526. The van der Waals surface area contributed by atoms with Crippen LogP contribution in [0.5, 0.6) is 0 Å². The SMILES string of the molecule is CCOC(=O)N1CCN(C(=O)CN(C(C)=O)c2cccc(C)c2C)CC1. The summed E-state index contributed by atoms with van der Waals surface area (Å²) in [4.78, 5) is 41.4. The summed E-state index contributed by atoms with van der Waals surface area (Å²) in [5.74, 6) is -0.290. The molecule has 1 saturated heterocycles. The first-order valence-corrected chi connectivity index (χ1v) is 8.89. The molecule has 1 heterocycles.